The lowest BCUT2D eigenvalue weighted by Crippen LogP contribution is -2.33. The fraction of sp³-hybridized carbons (Fsp3) is 0.250. The molecule has 0 bridgehead atoms. The highest BCUT2D eigenvalue weighted by Gasteiger charge is 2.48. The van der Waals surface area contributed by atoms with Crippen molar-refractivity contribution in [1.29, 1.82) is 0 Å². The van der Waals surface area contributed by atoms with Crippen LogP contribution in [0.5, 0.6) is 0 Å². The van der Waals surface area contributed by atoms with Crippen molar-refractivity contribution in [3.8, 4) is 0 Å². The molecule has 1 nitrogen and oxygen atoms in total. The molecule has 1 aromatic rings. The number of rotatable bonds is 3. The Hall–Kier alpha value is -1.17. The second-order valence-corrected chi connectivity index (χ2v) is 2.78. The zero-order valence-electron chi connectivity index (χ0n) is 6.93. The van der Waals surface area contributed by atoms with Crippen LogP contribution in [0, 0.1) is 0 Å². The molecule has 0 spiro atoms. The monoisotopic (exact) mass is 212 g/mol. The van der Waals surface area contributed by atoms with Gasteiger partial charge in [0.2, 0.25) is 0 Å². The van der Waals surface area contributed by atoms with Crippen LogP contribution in [0.1, 0.15) is 5.56 Å². The Morgan fingerprint density at radius 3 is 1.93 bits per heavy atom. The summed E-state index contributed by atoms with van der Waals surface area (Å²) in [5.74, 6) is -3.88. The zero-order valence-corrected chi connectivity index (χ0v) is 6.93. The molecule has 0 heterocycles. The Kier molecular flexibility index (Phi) is 2.75. The van der Waals surface area contributed by atoms with Crippen molar-refractivity contribution in [2.24, 2.45) is 0 Å². The average Bonchev–Trinajstić information content (AvgIpc) is 2.01. The second kappa shape index (κ2) is 3.53. The maximum Gasteiger partial charge on any atom is 0.331 e. The molecule has 1 rings (SSSR count). The van der Waals surface area contributed by atoms with Gasteiger partial charge in [0, 0.05) is 5.56 Å². The number of nitrogens with zero attached hydrogens (tertiary/aromatic N) is 1. The Bertz CT molecular complexity index is 292. The number of quaternary nitrogens is 1. The summed E-state index contributed by atoms with van der Waals surface area (Å²) in [5.41, 5.74) is -0.629. The van der Waals surface area contributed by atoms with Crippen LogP contribution in [-0.2, 0) is 5.92 Å². The predicted molar refractivity (Wildman–Crippen MR) is 38.8 cm³/mol. The summed E-state index contributed by atoms with van der Waals surface area (Å²) in [7, 11) is 0. The maximum absolute atomic E-state index is 12.9. The molecule has 0 aliphatic rings. The Balaban J connectivity index is 2.86. The van der Waals surface area contributed by atoms with E-state index in [1.165, 1.54) is 18.2 Å². The molecule has 0 aromatic heterocycles. The van der Waals surface area contributed by atoms with E-state index in [4.69, 9.17) is 0 Å². The van der Waals surface area contributed by atoms with Crippen LogP contribution in [0.25, 0.3) is 0 Å². The summed E-state index contributed by atoms with van der Waals surface area (Å²) in [6, 6.07) is 5.94. The van der Waals surface area contributed by atoms with Crippen LogP contribution in [0.2, 0.25) is 0 Å². The molecule has 0 N–H and O–H groups in total. The summed E-state index contributed by atoms with van der Waals surface area (Å²) in [6.45, 7) is -2.18. The first-order chi connectivity index (χ1) is 6.31. The first kappa shape index (κ1) is 10.9. The van der Waals surface area contributed by atoms with E-state index in [-0.39, 0.29) is 0 Å². The SMILES string of the molecule is FC(F)(C[N+](F)(F)F)c1ccccc1. The predicted octanol–water partition coefficient (Wildman–Crippen LogP) is 3.25. The number of halogens is 5. The first-order valence-corrected chi connectivity index (χ1v) is 3.72. The molecule has 0 aliphatic carbocycles. The van der Waals surface area contributed by atoms with Gasteiger partial charge in [-0.05, 0) is 0 Å². The van der Waals surface area contributed by atoms with E-state index in [0.29, 0.717) is 0 Å². The summed E-state index contributed by atoms with van der Waals surface area (Å²) >= 11 is 0. The van der Waals surface area contributed by atoms with Gasteiger partial charge >= 0.3 is 5.92 Å². The average molecular weight is 212 g/mol. The maximum atomic E-state index is 12.9. The van der Waals surface area contributed by atoms with Crippen molar-refractivity contribution < 1.29 is 27.4 Å². The van der Waals surface area contributed by atoms with E-state index in [1.807, 2.05) is 0 Å². The van der Waals surface area contributed by atoms with Crippen LogP contribution >= 0.6 is 0 Å². The van der Waals surface area contributed by atoms with Gasteiger partial charge in [-0.3, -0.25) is 0 Å². The lowest BCUT2D eigenvalue weighted by atomic mass is 10.1. The summed E-state index contributed by atoms with van der Waals surface area (Å²) in [6.07, 6.45) is 0. The van der Waals surface area contributed by atoms with E-state index in [2.05, 4.69) is 0 Å². The van der Waals surface area contributed by atoms with Crippen molar-refractivity contribution in [1.82, 2.24) is 0 Å². The lowest BCUT2D eigenvalue weighted by molar-refractivity contribution is -1.27. The van der Waals surface area contributed by atoms with Gasteiger partial charge in [0.05, 0.1) is 13.4 Å². The topological polar surface area (TPSA) is 0 Å². The van der Waals surface area contributed by atoms with Crippen molar-refractivity contribution >= 4 is 0 Å². The van der Waals surface area contributed by atoms with Gasteiger partial charge in [-0.1, -0.05) is 30.3 Å². The van der Waals surface area contributed by atoms with Gasteiger partial charge in [-0.2, -0.15) is 8.78 Å². The van der Waals surface area contributed by atoms with Crippen LogP contribution in [0.3, 0.4) is 0 Å². The van der Waals surface area contributed by atoms with E-state index in [9.17, 15) is 22.2 Å². The van der Waals surface area contributed by atoms with Crippen LogP contribution in [-0.4, -0.2) is 11.7 Å². The number of hydrogen-bond acceptors (Lipinski definition) is 0. The molecule has 0 amide bonds. The highest BCUT2D eigenvalue weighted by molar-refractivity contribution is 5.19. The molecule has 0 saturated heterocycles. The minimum Gasteiger partial charge on any atom is -0.194 e. The Labute approximate surface area is 76.8 Å². The molecular formula is C8H7F5N+. The van der Waals surface area contributed by atoms with Gasteiger partial charge in [0.1, 0.15) is 0 Å². The molecule has 1 aromatic carbocycles. The van der Waals surface area contributed by atoms with Gasteiger partial charge in [-0.25, -0.2) is 0 Å². The Morgan fingerprint density at radius 2 is 1.50 bits per heavy atom. The largest absolute Gasteiger partial charge is 0.331 e. The standard InChI is InChI=1S/C8H7F5N/c9-8(10,6-14(11,12)13)7-4-2-1-3-5-7/h1-5H,6H2/q+1. The Morgan fingerprint density at radius 1 is 1.00 bits per heavy atom. The molecular weight excluding hydrogens is 205 g/mol. The summed E-state index contributed by atoms with van der Waals surface area (Å²) < 4.78 is 60.9. The summed E-state index contributed by atoms with van der Waals surface area (Å²) in [5, 5.41) is -4.25. The van der Waals surface area contributed by atoms with Gasteiger partial charge in [-0.15, -0.1) is 0 Å². The van der Waals surface area contributed by atoms with Crippen LogP contribution in [0.15, 0.2) is 30.3 Å². The third-order valence-corrected chi connectivity index (χ3v) is 1.57. The van der Waals surface area contributed by atoms with Crippen molar-refractivity contribution in [2.45, 2.75) is 5.92 Å². The molecule has 0 saturated carbocycles. The van der Waals surface area contributed by atoms with E-state index >= 15 is 0 Å². The zero-order chi connectivity index (χ0) is 10.8. The van der Waals surface area contributed by atoms with Gasteiger partial charge in [0.15, 0.2) is 0 Å². The van der Waals surface area contributed by atoms with E-state index in [0.717, 1.165) is 12.1 Å². The van der Waals surface area contributed by atoms with Gasteiger partial charge in [0.25, 0.3) is 11.7 Å². The third kappa shape index (κ3) is 2.95. The normalized spacial score (nSPS) is 12.9. The fourth-order valence-corrected chi connectivity index (χ4v) is 0.998. The van der Waals surface area contributed by atoms with Crippen molar-refractivity contribution in [3.05, 3.63) is 35.9 Å². The first-order valence-electron chi connectivity index (χ1n) is 3.72. The molecule has 0 unspecified atom stereocenters. The lowest BCUT2D eigenvalue weighted by Gasteiger charge is -2.14. The summed E-state index contributed by atoms with van der Waals surface area (Å²) in [4.78, 5) is 0. The highest BCUT2D eigenvalue weighted by Crippen LogP contribution is 2.32. The van der Waals surface area contributed by atoms with Crippen molar-refractivity contribution in [3.63, 3.8) is 0 Å². The van der Waals surface area contributed by atoms with Crippen LogP contribution in [0.4, 0.5) is 22.2 Å². The molecule has 0 fully saturated rings. The minimum absolute atomic E-state index is 0.629. The molecule has 6 heteroatoms. The van der Waals surface area contributed by atoms with E-state index in [1.54, 1.807) is 0 Å². The smallest absolute Gasteiger partial charge is 0.194 e. The molecule has 78 valence electrons. The molecule has 0 aliphatic heterocycles. The fourth-order valence-electron chi connectivity index (χ4n) is 0.998. The van der Waals surface area contributed by atoms with Crippen molar-refractivity contribution in [2.75, 3.05) is 6.54 Å². The second-order valence-electron chi connectivity index (χ2n) is 2.78. The third-order valence-electron chi connectivity index (χ3n) is 1.57. The highest BCUT2D eigenvalue weighted by atomic mass is 19.6. The number of alkyl halides is 2. The molecule has 0 atom stereocenters. The van der Waals surface area contributed by atoms with Gasteiger partial charge < -0.3 is 0 Å². The minimum atomic E-state index is -4.25. The van der Waals surface area contributed by atoms with Crippen LogP contribution < -0.4 is 0 Å². The van der Waals surface area contributed by atoms with E-state index < -0.39 is 23.2 Å². The number of benzene rings is 1. The number of hydrogen-bond donors (Lipinski definition) is 0. The quantitative estimate of drug-likeness (QED) is 0.533. The molecule has 14 heavy (non-hydrogen) atoms. The molecule has 0 radical (unpaired) electrons.